The maximum absolute atomic E-state index is 9.76. The number of rotatable bonds is 3. The number of aliphatic hydroxyl groups excluding tert-OH is 1. The van der Waals surface area contributed by atoms with Gasteiger partial charge in [0.15, 0.2) is 0 Å². The van der Waals surface area contributed by atoms with Gasteiger partial charge in [0.2, 0.25) is 0 Å². The highest BCUT2D eigenvalue weighted by atomic mass is 16.3. The van der Waals surface area contributed by atoms with Crippen LogP contribution in [0.1, 0.15) is 20.3 Å². The summed E-state index contributed by atoms with van der Waals surface area (Å²) in [6.07, 6.45) is 0.801. The summed E-state index contributed by atoms with van der Waals surface area (Å²) < 4.78 is 0. The molecule has 1 heterocycles. The minimum atomic E-state index is -0.239. The molecule has 0 saturated carbocycles. The maximum atomic E-state index is 9.76. The van der Waals surface area contributed by atoms with Gasteiger partial charge >= 0.3 is 0 Å². The first-order valence-electron chi connectivity index (χ1n) is 4.76. The van der Waals surface area contributed by atoms with E-state index in [-0.39, 0.29) is 18.1 Å². The molecule has 0 unspecified atom stereocenters. The molecule has 0 amide bonds. The number of nitrogens with one attached hydrogen (secondary N) is 1. The predicted molar refractivity (Wildman–Crippen MR) is 49.8 cm³/mol. The van der Waals surface area contributed by atoms with Crippen LogP contribution in [0, 0.1) is 11.8 Å². The van der Waals surface area contributed by atoms with Crippen molar-refractivity contribution in [2.24, 2.45) is 17.6 Å². The second-order valence-electron chi connectivity index (χ2n) is 4.13. The Bertz CT molecular complexity index is 138. The summed E-state index contributed by atoms with van der Waals surface area (Å²) in [6.45, 7) is 5.80. The molecule has 3 atom stereocenters. The van der Waals surface area contributed by atoms with Crippen molar-refractivity contribution < 1.29 is 5.11 Å². The van der Waals surface area contributed by atoms with Crippen molar-refractivity contribution in [1.29, 1.82) is 0 Å². The molecule has 3 nitrogen and oxygen atoms in total. The van der Waals surface area contributed by atoms with Crippen LogP contribution in [0.15, 0.2) is 0 Å². The monoisotopic (exact) mass is 172 g/mol. The zero-order valence-corrected chi connectivity index (χ0v) is 7.96. The molecule has 1 rings (SSSR count). The predicted octanol–water partition coefficient (Wildman–Crippen LogP) is -0.0599. The smallest absolute Gasteiger partial charge is 0.0745 e. The first-order chi connectivity index (χ1) is 5.65. The maximum Gasteiger partial charge on any atom is 0.0745 e. The first-order valence-corrected chi connectivity index (χ1v) is 4.76. The summed E-state index contributed by atoms with van der Waals surface area (Å²) in [7, 11) is 0. The highest BCUT2D eigenvalue weighted by molar-refractivity contribution is 4.90. The molecule has 1 aliphatic rings. The lowest BCUT2D eigenvalue weighted by molar-refractivity contribution is 0.112. The van der Waals surface area contributed by atoms with Crippen LogP contribution in [0.5, 0.6) is 0 Å². The van der Waals surface area contributed by atoms with Crippen LogP contribution in [0.25, 0.3) is 0 Å². The van der Waals surface area contributed by atoms with E-state index >= 15 is 0 Å². The molecule has 0 aliphatic carbocycles. The Hall–Kier alpha value is -0.120. The normalized spacial score (nSPS) is 36.2. The quantitative estimate of drug-likeness (QED) is 0.559. The number of hydrogen-bond acceptors (Lipinski definition) is 3. The molecule has 0 aromatic heterocycles. The number of aliphatic hydroxyl groups is 1. The van der Waals surface area contributed by atoms with Gasteiger partial charge in [0, 0.05) is 18.5 Å². The Balaban J connectivity index is 2.38. The molecule has 0 bridgehead atoms. The summed E-state index contributed by atoms with van der Waals surface area (Å²) in [6, 6.07) is 0.263. The second-order valence-corrected chi connectivity index (χ2v) is 4.13. The van der Waals surface area contributed by atoms with Crippen LogP contribution < -0.4 is 11.1 Å². The van der Waals surface area contributed by atoms with Gasteiger partial charge in [0.25, 0.3) is 0 Å². The molecule has 12 heavy (non-hydrogen) atoms. The van der Waals surface area contributed by atoms with Gasteiger partial charge in [-0.25, -0.2) is 0 Å². The van der Waals surface area contributed by atoms with Crippen molar-refractivity contribution in [2.45, 2.75) is 32.4 Å². The average molecular weight is 172 g/mol. The van der Waals surface area contributed by atoms with Gasteiger partial charge in [0.05, 0.1) is 6.10 Å². The summed E-state index contributed by atoms with van der Waals surface area (Å²) in [5.41, 5.74) is 5.52. The first kappa shape index (κ1) is 9.96. The minimum absolute atomic E-state index is 0.239. The Labute approximate surface area is 74.3 Å². The van der Waals surface area contributed by atoms with Gasteiger partial charge in [-0.3, -0.25) is 0 Å². The largest absolute Gasteiger partial charge is 0.391 e. The zero-order valence-electron chi connectivity index (χ0n) is 7.96. The molecule has 1 aliphatic heterocycles. The lowest BCUT2D eigenvalue weighted by Crippen LogP contribution is -2.34. The molecule has 1 fully saturated rings. The fraction of sp³-hybridized carbons (Fsp3) is 1.00. The van der Waals surface area contributed by atoms with Crippen molar-refractivity contribution in [3.63, 3.8) is 0 Å². The lowest BCUT2D eigenvalue weighted by Gasteiger charge is -2.19. The van der Waals surface area contributed by atoms with Crippen LogP contribution in [0.3, 0.4) is 0 Å². The summed E-state index contributed by atoms with van der Waals surface area (Å²) >= 11 is 0. The topological polar surface area (TPSA) is 58.3 Å². The standard InChI is InChI=1S/C9H20N2O/c1-6(2)3-8-9(12)7(4-10)5-11-8/h6-9,11-12H,3-5,10H2,1-2H3/t7-,8+,9-/m0/s1. The van der Waals surface area contributed by atoms with Crippen LogP contribution >= 0.6 is 0 Å². The molecule has 0 radical (unpaired) electrons. The molecular formula is C9H20N2O. The third-order valence-corrected chi connectivity index (χ3v) is 2.57. The highest BCUT2D eigenvalue weighted by Gasteiger charge is 2.33. The average Bonchev–Trinajstić information content (AvgIpc) is 2.32. The van der Waals surface area contributed by atoms with E-state index in [1.165, 1.54) is 0 Å². The Morgan fingerprint density at radius 1 is 1.58 bits per heavy atom. The molecular weight excluding hydrogens is 152 g/mol. The van der Waals surface area contributed by atoms with E-state index in [0.29, 0.717) is 12.5 Å². The van der Waals surface area contributed by atoms with Crippen molar-refractivity contribution >= 4 is 0 Å². The van der Waals surface area contributed by atoms with E-state index in [1.807, 2.05) is 0 Å². The van der Waals surface area contributed by atoms with Gasteiger partial charge in [-0.15, -0.1) is 0 Å². The molecule has 1 saturated heterocycles. The Kier molecular flexibility index (Phi) is 3.50. The SMILES string of the molecule is CC(C)C[C@H]1NC[C@H](CN)[C@@H]1O. The van der Waals surface area contributed by atoms with Crippen molar-refractivity contribution in [2.75, 3.05) is 13.1 Å². The van der Waals surface area contributed by atoms with E-state index < -0.39 is 0 Å². The zero-order chi connectivity index (χ0) is 9.14. The highest BCUT2D eigenvalue weighted by Crippen LogP contribution is 2.19. The van der Waals surface area contributed by atoms with Gasteiger partial charge < -0.3 is 16.2 Å². The van der Waals surface area contributed by atoms with Gasteiger partial charge in [0.1, 0.15) is 0 Å². The van der Waals surface area contributed by atoms with Crippen LogP contribution in [0.2, 0.25) is 0 Å². The minimum Gasteiger partial charge on any atom is -0.391 e. The van der Waals surface area contributed by atoms with E-state index in [1.54, 1.807) is 0 Å². The Morgan fingerprint density at radius 3 is 2.67 bits per heavy atom. The van der Waals surface area contributed by atoms with Crippen molar-refractivity contribution in [1.82, 2.24) is 5.32 Å². The molecule has 4 N–H and O–H groups in total. The van der Waals surface area contributed by atoms with Crippen molar-refractivity contribution in [3.8, 4) is 0 Å². The van der Waals surface area contributed by atoms with E-state index in [4.69, 9.17) is 5.73 Å². The molecule has 0 aromatic rings. The second kappa shape index (κ2) is 4.21. The molecule has 72 valence electrons. The fourth-order valence-corrected chi connectivity index (χ4v) is 1.83. The van der Waals surface area contributed by atoms with Crippen molar-refractivity contribution in [3.05, 3.63) is 0 Å². The Morgan fingerprint density at radius 2 is 2.25 bits per heavy atom. The molecule has 0 aromatic carbocycles. The summed E-state index contributed by atoms with van der Waals surface area (Å²) in [5, 5.41) is 13.1. The third-order valence-electron chi connectivity index (χ3n) is 2.57. The number of hydrogen-bond donors (Lipinski definition) is 3. The van der Waals surface area contributed by atoms with Gasteiger partial charge in [-0.05, 0) is 18.9 Å². The van der Waals surface area contributed by atoms with E-state index in [2.05, 4.69) is 19.2 Å². The number of nitrogens with two attached hydrogens (primary N) is 1. The van der Waals surface area contributed by atoms with Crippen LogP contribution in [-0.2, 0) is 0 Å². The molecule has 3 heteroatoms. The van der Waals surface area contributed by atoms with Crippen LogP contribution in [-0.4, -0.2) is 30.3 Å². The lowest BCUT2D eigenvalue weighted by atomic mass is 9.96. The van der Waals surface area contributed by atoms with Gasteiger partial charge in [-0.1, -0.05) is 13.8 Å². The fourth-order valence-electron chi connectivity index (χ4n) is 1.83. The molecule has 0 spiro atoms. The summed E-state index contributed by atoms with van der Waals surface area (Å²) in [4.78, 5) is 0. The van der Waals surface area contributed by atoms with E-state index in [0.717, 1.165) is 13.0 Å². The van der Waals surface area contributed by atoms with E-state index in [9.17, 15) is 5.11 Å². The van der Waals surface area contributed by atoms with Crippen LogP contribution in [0.4, 0.5) is 0 Å². The summed E-state index contributed by atoms with van der Waals surface area (Å²) in [5.74, 6) is 0.891. The van der Waals surface area contributed by atoms with Gasteiger partial charge in [-0.2, -0.15) is 0 Å². The third kappa shape index (κ3) is 2.19.